The second-order valence-corrected chi connectivity index (χ2v) is 16.5. The Morgan fingerprint density at radius 3 is 1.98 bits per heavy atom. The Hall–Kier alpha value is -4.95. The number of carboxylic acids is 1. The number of rotatable bonds is 23. The largest absolute Gasteiger partial charge is 0.480 e. The van der Waals surface area contributed by atoms with E-state index in [0.29, 0.717) is 38.0 Å². The molecule has 2 aliphatic heterocycles. The standard InChI is InChI=1S/C40H64N10O9S/c1-5-23(2)31(36(55)46-28(17-21-60-4)34(53)48-32(24(3)51)38(57)50-20-11-16-30(50)39(58)59)47-33(52)27(14-9-18-44-40(42)43)45-35(54)29-15-10-19-49(29)37(56)26(41)22-25-12-7-6-8-13-25/h6-8,12-13,23-24,26-32,51H,5,9-11,14-22,41H2,1-4H3,(H,45,54)(H,46,55)(H,47,52)(H,48,53)(H,58,59)(H4,42,43,44)/t23-,24+,26-,27-,28-,29-,30-,31-,32-/m0/s1. The van der Waals surface area contributed by atoms with Gasteiger partial charge in [-0.05, 0) is 81.8 Å². The third-order valence-corrected chi connectivity index (χ3v) is 11.6. The Morgan fingerprint density at radius 1 is 0.833 bits per heavy atom. The van der Waals surface area contributed by atoms with Crippen LogP contribution >= 0.6 is 11.8 Å². The van der Waals surface area contributed by atoms with Crippen molar-refractivity contribution in [1.29, 1.82) is 0 Å². The molecule has 20 heteroatoms. The fourth-order valence-electron chi connectivity index (χ4n) is 7.34. The zero-order valence-electron chi connectivity index (χ0n) is 35.0. The SMILES string of the molecule is CC[C@H](C)[C@H](NC(=O)[C@H](CCCN=C(N)N)NC(=O)[C@@H]1CCCN1C(=O)[C@@H](N)Cc1ccccc1)C(=O)N[C@@H](CCSC)C(=O)N[C@H](C(=O)N1CCC[C@H]1C(=O)O)[C@@H](C)O. The molecule has 19 nitrogen and oxygen atoms in total. The number of benzene rings is 1. The van der Waals surface area contributed by atoms with Crippen molar-refractivity contribution >= 4 is 59.1 Å². The number of hydrogen-bond donors (Lipinski definition) is 9. The van der Waals surface area contributed by atoms with Crippen molar-refractivity contribution in [2.75, 3.05) is 31.6 Å². The highest BCUT2D eigenvalue weighted by Gasteiger charge is 2.41. The number of aliphatic hydroxyl groups excluding tert-OH is 1. The fourth-order valence-corrected chi connectivity index (χ4v) is 7.81. The maximum absolute atomic E-state index is 14.1. The summed E-state index contributed by atoms with van der Waals surface area (Å²) in [4.78, 5) is 101. The van der Waals surface area contributed by atoms with E-state index >= 15 is 0 Å². The number of amides is 6. The van der Waals surface area contributed by atoms with E-state index in [1.807, 2.05) is 43.5 Å². The predicted molar refractivity (Wildman–Crippen MR) is 227 cm³/mol. The van der Waals surface area contributed by atoms with Crippen LogP contribution < -0.4 is 38.5 Å². The molecule has 2 heterocycles. The number of aliphatic hydroxyl groups is 1. The predicted octanol–water partition coefficient (Wildman–Crippen LogP) is -1.20. The number of nitrogens with one attached hydrogen (secondary N) is 4. The lowest BCUT2D eigenvalue weighted by Gasteiger charge is -2.31. The van der Waals surface area contributed by atoms with Crippen LogP contribution in [0.3, 0.4) is 0 Å². The van der Waals surface area contributed by atoms with Gasteiger partial charge in [-0.1, -0.05) is 50.6 Å². The number of aliphatic carboxylic acids is 1. The quantitative estimate of drug-likeness (QED) is 0.0355. The van der Waals surface area contributed by atoms with Gasteiger partial charge >= 0.3 is 5.97 Å². The molecular weight excluding hydrogens is 797 g/mol. The van der Waals surface area contributed by atoms with Crippen molar-refractivity contribution in [3.8, 4) is 0 Å². The van der Waals surface area contributed by atoms with Gasteiger partial charge in [0.25, 0.3) is 0 Å². The van der Waals surface area contributed by atoms with Crippen LogP contribution in [0.5, 0.6) is 0 Å². The van der Waals surface area contributed by atoms with E-state index < -0.39 is 89.8 Å². The summed E-state index contributed by atoms with van der Waals surface area (Å²) in [6.45, 7) is 5.47. The molecule has 0 unspecified atom stereocenters. The van der Waals surface area contributed by atoms with Gasteiger partial charge in [0.05, 0.1) is 12.1 Å². The molecule has 2 aliphatic rings. The van der Waals surface area contributed by atoms with Gasteiger partial charge in [0.1, 0.15) is 36.3 Å². The van der Waals surface area contributed by atoms with Crippen LogP contribution in [-0.2, 0) is 40.0 Å². The van der Waals surface area contributed by atoms with Crippen molar-refractivity contribution in [2.45, 2.75) is 127 Å². The van der Waals surface area contributed by atoms with Crippen LogP contribution in [-0.4, -0.2) is 147 Å². The van der Waals surface area contributed by atoms with Crippen LogP contribution in [0.2, 0.25) is 0 Å². The van der Waals surface area contributed by atoms with Crippen LogP contribution in [0.15, 0.2) is 35.3 Å². The smallest absolute Gasteiger partial charge is 0.326 e. The maximum Gasteiger partial charge on any atom is 0.326 e. The molecule has 1 aromatic rings. The van der Waals surface area contributed by atoms with E-state index in [-0.39, 0.29) is 57.1 Å². The molecule has 3 rings (SSSR count). The summed E-state index contributed by atoms with van der Waals surface area (Å²) in [6, 6.07) is 1.39. The highest BCUT2D eigenvalue weighted by molar-refractivity contribution is 7.98. The van der Waals surface area contributed by atoms with Crippen LogP contribution in [0.4, 0.5) is 0 Å². The van der Waals surface area contributed by atoms with Gasteiger partial charge in [0.2, 0.25) is 35.4 Å². The van der Waals surface area contributed by atoms with Gasteiger partial charge in [0, 0.05) is 19.6 Å². The lowest BCUT2D eigenvalue weighted by atomic mass is 9.96. The number of carbonyl (C=O) groups is 7. The molecule has 0 aromatic heterocycles. The number of likely N-dealkylation sites (tertiary alicyclic amines) is 2. The first-order valence-corrected chi connectivity index (χ1v) is 22.0. The Kier molecular flexibility index (Phi) is 20.0. The molecule has 0 saturated carbocycles. The van der Waals surface area contributed by atoms with Crippen molar-refractivity contribution < 1.29 is 43.8 Å². The molecular formula is C40H64N10O9S. The number of aliphatic imine (C=N–C) groups is 1. The van der Waals surface area contributed by atoms with Crippen LogP contribution in [0.25, 0.3) is 0 Å². The average molecular weight is 861 g/mol. The molecule has 60 heavy (non-hydrogen) atoms. The molecule has 334 valence electrons. The number of carbonyl (C=O) groups excluding carboxylic acids is 6. The van der Waals surface area contributed by atoms with Gasteiger partial charge in [0.15, 0.2) is 5.96 Å². The lowest BCUT2D eigenvalue weighted by Crippen LogP contribution is -2.61. The third kappa shape index (κ3) is 14.4. The minimum Gasteiger partial charge on any atom is -0.480 e. The normalized spacial score (nSPS) is 19.8. The minimum absolute atomic E-state index is 0.0741. The molecule has 2 saturated heterocycles. The average Bonchev–Trinajstić information content (AvgIpc) is 3.92. The van der Waals surface area contributed by atoms with E-state index in [4.69, 9.17) is 17.2 Å². The van der Waals surface area contributed by atoms with Gasteiger partial charge in [-0.2, -0.15) is 11.8 Å². The highest BCUT2D eigenvalue weighted by Crippen LogP contribution is 2.21. The fraction of sp³-hybridized carbons (Fsp3) is 0.650. The topological polar surface area (TPSA) is 305 Å². The second-order valence-electron chi connectivity index (χ2n) is 15.5. The minimum atomic E-state index is -1.48. The van der Waals surface area contributed by atoms with Crippen molar-refractivity contribution in [3.63, 3.8) is 0 Å². The monoisotopic (exact) mass is 860 g/mol. The lowest BCUT2D eigenvalue weighted by molar-refractivity contribution is -0.150. The summed E-state index contributed by atoms with van der Waals surface area (Å²) in [7, 11) is 0. The molecule has 0 spiro atoms. The van der Waals surface area contributed by atoms with E-state index in [1.165, 1.54) is 23.6 Å². The summed E-state index contributed by atoms with van der Waals surface area (Å²) < 4.78 is 0. The van der Waals surface area contributed by atoms with E-state index in [2.05, 4.69) is 26.3 Å². The highest BCUT2D eigenvalue weighted by atomic mass is 32.2. The number of nitrogens with zero attached hydrogens (tertiary/aromatic N) is 3. The van der Waals surface area contributed by atoms with E-state index in [0.717, 1.165) is 10.5 Å². The van der Waals surface area contributed by atoms with Gasteiger partial charge in [-0.25, -0.2) is 4.79 Å². The molecule has 9 atom stereocenters. The van der Waals surface area contributed by atoms with Crippen molar-refractivity contribution in [2.24, 2.45) is 28.1 Å². The third-order valence-electron chi connectivity index (χ3n) is 10.9. The summed E-state index contributed by atoms with van der Waals surface area (Å²) in [5.74, 6) is -5.24. The van der Waals surface area contributed by atoms with E-state index in [1.54, 1.807) is 6.92 Å². The number of carboxylic acid groups (broad SMARTS) is 1. The first-order chi connectivity index (χ1) is 28.5. The molecule has 0 aliphatic carbocycles. The molecule has 1 aromatic carbocycles. The van der Waals surface area contributed by atoms with Crippen LogP contribution in [0.1, 0.15) is 77.7 Å². The molecule has 6 amide bonds. The van der Waals surface area contributed by atoms with E-state index in [9.17, 15) is 43.8 Å². The van der Waals surface area contributed by atoms with Gasteiger partial charge in [-0.3, -0.25) is 33.8 Å². The summed E-state index contributed by atoms with van der Waals surface area (Å²) in [5, 5.41) is 31.0. The summed E-state index contributed by atoms with van der Waals surface area (Å²) >= 11 is 1.41. The number of hydrogen-bond acceptors (Lipinski definition) is 11. The summed E-state index contributed by atoms with van der Waals surface area (Å²) in [6.07, 6.45) is 3.20. The number of guanidine groups is 1. The Balaban J connectivity index is 1.79. The van der Waals surface area contributed by atoms with Gasteiger partial charge < -0.3 is 58.5 Å². The molecule has 0 radical (unpaired) electrons. The molecule has 12 N–H and O–H groups in total. The molecule has 2 fully saturated rings. The second kappa shape index (κ2) is 24.3. The molecule has 0 bridgehead atoms. The zero-order chi connectivity index (χ0) is 44.5. The first-order valence-electron chi connectivity index (χ1n) is 20.6. The van der Waals surface area contributed by atoms with Crippen LogP contribution in [0, 0.1) is 5.92 Å². The first kappa shape index (κ1) is 49.4. The zero-order valence-corrected chi connectivity index (χ0v) is 35.8. The number of thioether (sulfide) groups is 1. The van der Waals surface area contributed by atoms with Gasteiger partial charge in [-0.15, -0.1) is 0 Å². The summed E-state index contributed by atoms with van der Waals surface area (Å²) in [5.41, 5.74) is 18.2. The maximum atomic E-state index is 14.1. The Morgan fingerprint density at radius 2 is 1.42 bits per heavy atom. The number of nitrogens with two attached hydrogens (primary N) is 3. The van der Waals surface area contributed by atoms with Crippen molar-refractivity contribution in [3.05, 3.63) is 35.9 Å². The Labute approximate surface area is 355 Å². The van der Waals surface area contributed by atoms with Crippen molar-refractivity contribution in [1.82, 2.24) is 31.1 Å². The Bertz CT molecular complexity index is 1660.